The number of benzene rings is 1. The second kappa shape index (κ2) is 7.61. The molecular formula is C13H18ClN5S. The van der Waals surface area contributed by atoms with Crippen molar-refractivity contribution in [2.75, 3.05) is 6.54 Å². The Kier molecular flexibility index (Phi) is 5.82. The highest BCUT2D eigenvalue weighted by Gasteiger charge is 2.07. The molecule has 1 aromatic carbocycles. The highest BCUT2D eigenvalue weighted by atomic mass is 35.5. The average molecular weight is 312 g/mol. The first-order valence-electron chi connectivity index (χ1n) is 6.52. The van der Waals surface area contributed by atoms with Gasteiger partial charge in [0.25, 0.3) is 0 Å². The van der Waals surface area contributed by atoms with Gasteiger partial charge in [-0.25, -0.2) is 4.68 Å². The predicted molar refractivity (Wildman–Crippen MR) is 82.0 cm³/mol. The van der Waals surface area contributed by atoms with Crippen LogP contribution in [0.4, 0.5) is 0 Å². The van der Waals surface area contributed by atoms with Crippen molar-refractivity contribution in [3.63, 3.8) is 0 Å². The van der Waals surface area contributed by atoms with Gasteiger partial charge in [0, 0.05) is 23.4 Å². The molecule has 0 unspecified atom stereocenters. The van der Waals surface area contributed by atoms with E-state index in [2.05, 4.69) is 34.7 Å². The highest BCUT2D eigenvalue weighted by molar-refractivity contribution is 7.98. The van der Waals surface area contributed by atoms with Gasteiger partial charge in [0.05, 0.1) is 6.54 Å². The first-order chi connectivity index (χ1) is 9.65. The topological polar surface area (TPSA) is 55.6 Å². The molecular weight excluding hydrogens is 294 g/mol. The van der Waals surface area contributed by atoms with Gasteiger partial charge >= 0.3 is 0 Å². The molecule has 20 heavy (non-hydrogen) atoms. The molecule has 1 N–H and O–H groups in total. The van der Waals surface area contributed by atoms with Crippen LogP contribution < -0.4 is 5.32 Å². The van der Waals surface area contributed by atoms with Crippen molar-refractivity contribution >= 4 is 23.4 Å². The molecule has 5 nitrogen and oxygen atoms in total. The van der Waals surface area contributed by atoms with Gasteiger partial charge in [-0.2, -0.15) is 0 Å². The van der Waals surface area contributed by atoms with E-state index in [9.17, 15) is 0 Å². The highest BCUT2D eigenvalue weighted by Crippen LogP contribution is 2.21. The third kappa shape index (κ3) is 4.77. The maximum atomic E-state index is 5.97. The molecule has 0 aliphatic heterocycles. The first-order valence-corrected chi connectivity index (χ1v) is 7.88. The van der Waals surface area contributed by atoms with Crippen LogP contribution in [0.1, 0.15) is 19.4 Å². The van der Waals surface area contributed by atoms with E-state index in [1.54, 1.807) is 11.8 Å². The smallest absolute Gasteiger partial charge is 0.209 e. The quantitative estimate of drug-likeness (QED) is 0.797. The summed E-state index contributed by atoms with van der Waals surface area (Å²) in [6, 6.07) is 8.30. The molecule has 1 aromatic heterocycles. The number of rotatable bonds is 7. The second-order valence-corrected chi connectivity index (χ2v) is 6.09. The van der Waals surface area contributed by atoms with E-state index in [4.69, 9.17) is 11.6 Å². The zero-order chi connectivity index (χ0) is 14.4. The minimum atomic E-state index is 0.467. The summed E-state index contributed by atoms with van der Waals surface area (Å²) < 4.78 is 1.82. The van der Waals surface area contributed by atoms with E-state index in [-0.39, 0.29) is 0 Å². The van der Waals surface area contributed by atoms with Gasteiger partial charge in [-0.1, -0.05) is 49.3 Å². The van der Waals surface area contributed by atoms with Crippen LogP contribution in [0.3, 0.4) is 0 Å². The van der Waals surface area contributed by atoms with Crippen molar-refractivity contribution in [1.29, 1.82) is 0 Å². The second-order valence-electron chi connectivity index (χ2n) is 4.71. The summed E-state index contributed by atoms with van der Waals surface area (Å²) in [5.74, 6) is 0.804. The lowest BCUT2D eigenvalue weighted by atomic mass is 10.2. The standard InChI is InChI=1S/C13H18ClN5S/c1-10(2)15-6-7-19-13(16-17-18-19)20-9-11-4-3-5-12(14)8-11/h3-5,8,10,15H,6-7,9H2,1-2H3. The predicted octanol–water partition coefficient (Wildman–Crippen LogP) is 2.62. The number of nitrogens with one attached hydrogen (secondary N) is 1. The molecule has 0 atom stereocenters. The maximum Gasteiger partial charge on any atom is 0.209 e. The number of thioether (sulfide) groups is 1. The Labute approximate surface area is 128 Å². The number of aromatic nitrogens is 4. The molecule has 0 radical (unpaired) electrons. The molecule has 7 heteroatoms. The molecule has 0 amide bonds. The summed E-state index contributed by atoms with van der Waals surface area (Å²) in [6.07, 6.45) is 0. The fourth-order valence-corrected chi connectivity index (χ4v) is 2.73. The molecule has 0 bridgehead atoms. The minimum absolute atomic E-state index is 0.467. The Balaban J connectivity index is 1.88. The van der Waals surface area contributed by atoms with E-state index in [1.165, 1.54) is 0 Å². The number of nitrogens with zero attached hydrogens (tertiary/aromatic N) is 4. The summed E-state index contributed by atoms with van der Waals surface area (Å²) >= 11 is 7.59. The fraction of sp³-hybridized carbons (Fsp3) is 0.462. The van der Waals surface area contributed by atoms with Gasteiger partial charge in [-0.05, 0) is 28.1 Å². The van der Waals surface area contributed by atoms with Crippen LogP contribution in [0.5, 0.6) is 0 Å². The molecule has 108 valence electrons. The molecule has 2 rings (SSSR count). The fourth-order valence-electron chi connectivity index (χ4n) is 1.67. The Bertz CT molecular complexity index is 543. The normalized spacial score (nSPS) is 11.2. The zero-order valence-corrected chi connectivity index (χ0v) is 13.2. The summed E-state index contributed by atoms with van der Waals surface area (Å²) in [5, 5.41) is 16.7. The zero-order valence-electron chi connectivity index (χ0n) is 11.6. The van der Waals surface area contributed by atoms with Gasteiger partial charge in [0.15, 0.2) is 0 Å². The Morgan fingerprint density at radius 3 is 3.00 bits per heavy atom. The van der Waals surface area contributed by atoms with Crippen molar-refractivity contribution in [3.8, 4) is 0 Å². The van der Waals surface area contributed by atoms with Gasteiger partial charge in [-0.3, -0.25) is 0 Å². The third-order valence-corrected chi connectivity index (χ3v) is 3.90. The molecule has 1 heterocycles. The maximum absolute atomic E-state index is 5.97. The van der Waals surface area contributed by atoms with Gasteiger partial charge in [0.1, 0.15) is 0 Å². The van der Waals surface area contributed by atoms with Crippen LogP contribution in [0.25, 0.3) is 0 Å². The van der Waals surface area contributed by atoms with Crippen molar-refractivity contribution in [2.45, 2.75) is 37.3 Å². The largest absolute Gasteiger partial charge is 0.313 e. The Hall–Kier alpha value is -1.11. The van der Waals surface area contributed by atoms with E-state index in [1.807, 2.05) is 28.9 Å². The molecule has 0 saturated carbocycles. The van der Waals surface area contributed by atoms with Gasteiger partial charge in [0.2, 0.25) is 5.16 Å². The van der Waals surface area contributed by atoms with Crippen molar-refractivity contribution in [3.05, 3.63) is 34.9 Å². The lowest BCUT2D eigenvalue weighted by Gasteiger charge is -2.08. The lowest BCUT2D eigenvalue weighted by molar-refractivity contribution is 0.485. The Morgan fingerprint density at radius 1 is 1.40 bits per heavy atom. The summed E-state index contributed by atoms with van der Waals surface area (Å²) in [6.45, 7) is 5.86. The molecule has 0 aliphatic rings. The van der Waals surface area contributed by atoms with Crippen LogP contribution in [-0.4, -0.2) is 32.8 Å². The number of halogens is 1. The molecule has 0 fully saturated rings. The van der Waals surface area contributed by atoms with Crippen molar-refractivity contribution in [2.24, 2.45) is 0 Å². The summed E-state index contributed by atoms with van der Waals surface area (Å²) in [4.78, 5) is 0. The Morgan fingerprint density at radius 2 is 2.25 bits per heavy atom. The van der Waals surface area contributed by atoms with Crippen LogP contribution in [0.15, 0.2) is 29.4 Å². The monoisotopic (exact) mass is 311 g/mol. The van der Waals surface area contributed by atoms with E-state index in [0.717, 1.165) is 34.6 Å². The first kappa shape index (κ1) is 15.3. The van der Waals surface area contributed by atoms with Crippen LogP contribution in [0.2, 0.25) is 5.02 Å². The van der Waals surface area contributed by atoms with Crippen molar-refractivity contribution in [1.82, 2.24) is 25.5 Å². The number of hydrogen-bond donors (Lipinski definition) is 1. The molecule has 2 aromatic rings. The molecule has 0 spiro atoms. The van der Waals surface area contributed by atoms with Crippen LogP contribution in [0, 0.1) is 0 Å². The lowest BCUT2D eigenvalue weighted by Crippen LogP contribution is -2.27. The number of tetrazole rings is 1. The summed E-state index contributed by atoms with van der Waals surface area (Å²) in [7, 11) is 0. The van der Waals surface area contributed by atoms with Crippen LogP contribution >= 0.6 is 23.4 Å². The SMILES string of the molecule is CC(C)NCCn1nnnc1SCc1cccc(Cl)c1. The van der Waals surface area contributed by atoms with E-state index >= 15 is 0 Å². The minimum Gasteiger partial charge on any atom is -0.313 e. The van der Waals surface area contributed by atoms with Crippen molar-refractivity contribution < 1.29 is 0 Å². The third-order valence-electron chi connectivity index (χ3n) is 2.63. The van der Waals surface area contributed by atoms with Gasteiger partial charge < -0.3 is 5.32 Å². The molecule has 0 saturated heterocycles. The van der Waals surface area contributed by atoms with Crippen LogP contribution in [-0.2, 0) is 12.3 Å². The average Bonchev–Trinajstić information content (AvgIpc) is 2.84. The van der Waals surface area contributed by atoms with E-state index in [0.29, 0.717) is 6.04 Å². The summed E-state index contributed by atoms with van der Waals surface area (Å²) in [5.41, 5.74) is 1.16. The number of hydrogen-bond acceptors (Lipinski definition) is 5. The molecule has 0 aliphatic carbocycles. The van der Waals surface area contributed by atoms with Gasteiger partial charge in [-0.15, -0.1) is 5.10 Å². The van der Waals surface area contributed by atoms with E-state index < -0.39 is 0 Å².